The molecule has 0 unspecified atom stereocenters. The first-order valence-electron chi connectivity index (χ1n) is 12.6. The molecule has 0 amide bonds. The van der Waals surface area contributed by atoms with Gasteiger partial charge in [-0.2, -0.15) is 0 Å². The average molecular weight is 515 g/mol. The number of carboxylic acid groups (broad SMARTS) is 2. The number of nitrogens with zero attached hydrogens (tertiary/aromatic N) is 2. The zero-order valence-corrected chi connectivity index (χ0v) is 21.6. The molecular weight excluding hydrogens is 480 g/mol. The largest absolute Gasteiger partial charge is 0.478 e. The Hall–Kier alpha value is -4.36. The van der Waals surface area contributed by atoms with Crippen LogP contribution in [-0.4, -0.2) is 53.2 Å². The lowest BCUT2D eigenvalue weighted by Crippen LogP contribution is -2.32. The van der Waals surface area contributed by atoms with Crippen molar-refractivity contribution in [1.82, 2.24) is 4.90 Å². The highest BCUT2D eigenvalue weighted by atomic mass is 16.5. The fourth-order valence-corrected chi connectivity index (χ4v) is 4.04. The maximum absolute atomic E-state index is 9.55. The van der Waals surface area contributed by atoms with Gasteiger partial charge in [-0.3, -0.25) is 4.90 Å². The van der Waals surface area contributed by atoms with Gasteiger partial charge in [0.2, 0.25) is 0 Å². The van der Waals surface area contributed by atoms with Crippen LogP contribution in [0.15, 0.2) is 109 Å². The molecular formula is C31H34N2O5. The topological polar surface area (TPSA) is 90.3 Å². The molecule has 198 valence electrons. The fraction of sp³-hybridized carbons (Fsp3) is 0.226. The number of carboxylic acids is 2. The molecule has 0 fully saturated rings. The Labute approximate surface area is 223 Å². The van der Waals surface area contributed by atoms with Crippen LogP contribution in [0.3, 0.4) is 0 Å². The van der Waals surface area contributed by atoms with Crippen molar-refractivity contribution in [2.24, 2.45) is 0 Å². The van der Waals surface area contributed by atoms with Crippen LogP contribution in [0.25, 0.3) is 0 Å². The summed E-state index contributed by atoms with van der Waals surface area (Å²) < 4.78 is 6.07. The molecule has 3 aromatic carbocycles. The van der Waals surface area contributed by atoms with Crippen LogP contribution < -0.4 is 9.64 Å². The molecule has 4 rings (SSSR count). The molecule has 1 heterocycles. The Morgan fingerprint density at radius 3 is 2.00 bits per heavy atom. The predicted molar refractivity (Wildman–Crippen MR) is 150 cm³/mol. The first-order valence-corrected chi connectivity index (χ1v) is 12.6. The number of aliphatic carboxylic acids is 2. The van der Waals surface area contributed by atoms with E-state index in [1.54, 1.807) is 0 Å². The quantitative estimate of drug-likeness (QED) is 0.325. The van der Waals surface area contributed by atoms with Crippen molar-refractivity contribution in [2.75, 3.05) is 31.1 Å². The smallest absolute Gasteiger partial charge is 0.328 e. The summed E-state index contributed by atoms with van der Waals surface area (Å²) in [7, 11) is 0. The van der Waals surface area contributed by atoms with E-state index in [0.717, 1.165) is 50.5 Å². The van der Waals surface area contributed by atoms with Gasteiger partial charge in [-0.15, -0.1) is 0 Å². The van der Waals surface area contributed by atoms with Crippen molar-refractivity contribution < 1.29 is 24.5 Å². The summed E-state index contributed by atoms with van der Waals surface area (Å²) in [5, 5.41) is 15.6. The molecule has 7 nitrogen and oxygen atoms in total. The Morgan fingerprint density at radius 1 is 0.895 bits per heavy atom. The number of para-hydroxylation sites is 2. The average Bonchev–Trinajstić information content (AvgIpc) is 2.92. The summed E-state index contributed by atoms with van der Waals surface area (Å²) in [6.07, 6.45) is 5.43. The maximum atomic E-state index is 9.55. The minimum Gasteiger partial charge on any atom is -0.478 e. The second-order valence-electron chi connectivity index (χ2n) is 8.83. The number of hydrogen-bond donors (Lipinski definition) is 2. The van der Waals surface area contributed by atoms with Gasteiger partial charge in [0.25, 0.3) is 0 Å². The highest BCUT2D eigenvalue weighted by molar-refractivity contribution is 5.89. The molecule has 0 atom stereocenters. The first kappa shape index (κ1) is 28.2. The minimum absolute atomic E-state index is 0.558. The molecule has 38 heavy (non-hydrogen) atoms. The Balaban J connectivity index is 0.000000436. The van der Waals surface area contributed by atoms with Gasteiger partial charge in [0.05, 0.1) is 0 Å². The number of hydrogen-bond acceptors (Lipinski definition) is 5. The minimum atomic E-state index is -1.26. The maximum Gasteiger partial charge on any atom is 0.328 e. The zero-order chi connectivity index (χ0) is 27.2. The fourth-order valence-electron chi connectivity index (χ4n) is 4.04. The second-order valence-corrected chi connectivity index (χ2v) is 8.83. The first-order chi connectivity index (χ1) is 18.4. The van der Waals surface area contributed by atoms with Gasteiger partial charge in [0.1, 0.15) is 11.5 Å². The normalized spacial score (nSPS) is 13.2. The van der Waals surface area contributed by atoms with Gasteiger partial charge < -0.3 is 19.8 Å². The summed E-state index contributed by atoms with van der Waals surface area (Å²) in [5.74, 6) is -0.483. The van der Waals surface area contributed by atoms with Gasteiger partial charge in [0.15, 0.2) is 0 Å². The van der Waals surface area contributed by atoms with Crippen LogP contribution in [0.1, 0.15) is 18.4 Å². The van der Waals surface area contributed by atoms with Crippen LogP contribution in [0.4, 0.5) is 11.4 Å². The molecule has 1 aliphatic heterocycles. The summed E-state index contributed by atoms with van der Waals surface area (Å²) in [6.45, 7) is 6.19. The number of rotatable bonds is 10. The molecule has 1 aliphatic rings. The van der Waals surface area contributed by atoms with E-state index in [0.29, 0.717) is 12.2 Å². The van der Waals surface area contributed by atoms with Gasteiger partial charge in [-0.05, 0) is 61.4 Å². The third-order valence-corrected chi connectivity index (χ3v) is 5.85. The van der Waals surface area contributed by atoms with E-state index in [2.05, 4.69) is 95.6 Å². The standard InChI is InChI=1S/C27H30N2O.C4H4O4/c1-23-10-8-15-27(22-23)30-26-16-20-28(21-17-26)18-9-19-29(24-11-4-2-5-12-24)25-13-6-3-7-14-25;5-3(6)1-2-4(7)8/h2-8,10-16,22H,9,17-21H2,1H3;1-2H,(H,5,6)(H,7,8). The van der Waals surface area contributed by atoms with Gasteiger partial charge >= 0.3 is 11.9 Å². The highest BCUT2D eigenvalue weighted by Crippen LogP contribution is 2.25. The molecule has 0 spiro atoms. The Bertz CT molecular complexity index is 1170. The van der Waals surface area contributed by atoms with Crippen molar-refractivity contribution in [3.8, 4) is 5.75 Å². The van der Waals surface area contributed by atoms with Crippen molar-refractivity contribution in [3.05, 3.63) is 114 Å². The molecule has 0 aliphatic carbocycles. The number of carbonyl (C=O) groups is 2. The van der Waals surface area contributed by atoms with Gasteiger partial charge in [0, 0.05) is 56.1 Å². The van der Waals surface area contributed by atoms with Crippen LogP contribution in [0, 0.1) is 6.92 Å². The van der Waals surface area contributed by atoms with Crippen molar-refractivity contribution in [3.63, 3.8) is 0 Å². The zero-order valence-electron chi connectivity index (χ0n) is 21.6. The van der Waals surface area contributed by atoms with E-state index in [1.165, 1.54) is 16.9 Å². The molecule has 0 saturated carbocycles. The number of benzene rings is 3. The predicted octanol–water partition coefficient (Wildman–Crippen LogP) is 5.90. The summed E-state index contributed by atoms with van der Waals surface area (Å²) in [4.78, 5) is 24.0. The second kappa shape index (κ2) is 15.0. The lowest BCUT2D eigenvalue weighted by molar-refractivity contribution is -0.134. The Kier molecular flexibility index (Phi) is 11.2. The molecule has 3 aromatic rings. The van der Waals surface area contributed by atoms with E-state index in [1.807, 2.05) is 12.1 Å². The summed E-state index contributed by atoms with van der Waals surface area (Å²) >= 11 is 0. The highest BCUT2D eigenvalue weighted by Gasteiger charge is 2.14. The summed E-state index contributed by atoms with van der Waals surface area (Å²) in [6, 6.07) is 29.6. The van der Waals surface area contributed by atoms with Crippen molar-refractivity contribution in [2.45, 2.75) is 19.8 Å². The van der Waals surface area contributed by atoms with E-state index in [-0.39, 0.29) is 0 Å². The number of ether oxygens (including phenoxy) is 1. The molecule has 0 saturated heterocycles. The van der Waals surface area contributed by atoms with Crippen LogP contribution >= 0.6 is 0 Å². The molecule has 0 radical (unpaired) electrons. The third-order valence-electron chi connectivity index (χ3n) is 5.85. The number of anilines is 2. The lowest BCUT2D eigenvalue weighted by atomic mass is 10.2. The van der Waals surface area contributed by atoms with Crippen LogP contribution in [0.2, 0.25) is 0 Å². The Morgan fingerprint density at radius 2 is 1.50 bits per heavy atom. The molecule has 0 bridgehead atoms. The van der Waals surface area contributed by atoms with E-state index in [4.69, 9.17) is 14.9 Å². The van der Waals surface area contributed by atoms with Crippen molar-refractivity contribution in [1.29, 1.82) is 0 Å². The van der Waals surface area contributed by atoms with Crippen LogP contribution in [-0.2, 0) is 9.59 Å². The van der Waals surface area contributed by atoms with Gasteiger partial charge in [-0.25, -0.2) is 9.59 Å². The van der Waals surface area contributed by atoms with Crippen LogP contribution in [0.5, 0.6) is 5.75 Å². The summed E-state index contributed by atoms with van der Waals surface area (Å²) in [5.41, 5.74) is 3.72. The van der Waals surface area contributed by atoms with Gasteiger partial charge in [-0.1, -0.05) is 48.5 Å². The molecule has 2 N–H and O–H groups in total. The molecule has 7 heteroatoms. The van der Waals surface area contributed by atoms with E-state index >= 15 is 0 Å². The molecule has 0 aromatic heterocycles. The van der Waals surface area contributed by atoms with E-state index < -0.39 is 11.9 Å². The number of aryl methyl sites for hydroxylation is 1. The SMILES string of the molecule is Cc1cccc(OC2=CCN(CCCN(c3ccccc3)c3ccccc3)CC2)c1.O=C(O)C=CC(=O)O. The van der Waals surface area contributed by atoms with Crippen molar-refractivity contribution >= 4 is 23.3 Å². The third kappa shape index (κ3) is 9.95. The lowest BCUT2D eigenvalue weighted by Gasteiger charge is -2.29. The monoisotopic (exact) mass is 514 g/mol. The van der Waals surface area contributed by atoms with E-state index in [9.17, 15) is 9.59 Å².